The molecule has 0 bridgehead atoms. The molecule has 0 aliphatic rings. The second kappa shape index (κ2) is 7.26. The van der Waals surface area contributed by atoms with Gasteiger partial charge in [-0.3, -0.25) is 4.79 Å². The molecule has 1 aromatic heterocycles. The van der Waals surface area contributed by atoms with E-state index in [1.54, 1.807) is 12.1 Å². The molecule has 1 heterocycles. The van der Waals surface area contributed by atoms with Gasteiger partial charge in [0.05, 0.1) is 11.1 Å². The number of benzene rings is 2. The van der Waals surface area contributed by atoms with Crippen LogP contribution in [0.5, 0.6) is 0 Å². The van der Waals surface area contributed by atoms with Crippen molar-refractivity contribution in [1.82, 2.24) is 4.98 Å². The molecule has 0 fully saturated rings. The fraction of sp³-hybridized carbons (Fsp3) is 0.0526. The molecule has 0 unspecified atom stereocenters. The highest BCUT2D eigenvalue weighted by atomic mass is 19.4. The Morgan fingerprint density at radius 3 is 2.27 bits per heavy atom. The summed E-state index contributed by atoms with van der Waals surface area (Å²) >= 11 is 0. The average molecular weight is 357 g/mol. The lowest BCUT2D eigenvalue weighted by atomic mass is 10.2. The standard InChI is InChI=1S/C19H14F3N3O/c20-19(21,22)14-5-4-8-16(11-14)25-18(26)13-9-10-17(23-12-13)24-15-6-2-1-3-7-15/h1-12H,(H,23,24)(H,25,26). The van der Waals surface area contributed by atoms with Crippen LogP contribution in [0.3, 0.4) is 0 Å². The summed E-state index contributed by atoms with van der Waals surface area (Å²) in [6.07, 6.45) is -3.11. The summed E-state index contributed by atoms with van der Waals surface area (Å²) in [7, 11) is 0. The Bertz CT molecular complexity index is 894. The van der Waals surface area contributed by atoms with Crippen LogP contribution in [-0.4, -0.2) is 10.9 Å². The van der Waals surface area contributed by atoms with Crippen molar-refractivity contribution in [2.24, 2.45) is 0 Å². The molecule has 132 valence electrons. The van der Waals surface area contributed by atoms with E-state index in [2.05, 4.69) is 15.6 Å². The van der Waals surface area contributed by atoms with Gasteiger partial charge in [-0.1, -0.05) is 24.3 Å². The van der Waals surface area contributed by atoms with Crippen molar-refractivity contribution in [2.45, 2.75) is 6.18 Å². The molecule has 0 aliphatic carbocycles. The van der Waals surface area contributed by atoms with E-state index in [1.807, 2.05) is 30.3 Å². The molecule has 0 spiro atoms. The zero-order valence-corrected chi connectivity index (χ0v) is 13.4. The van der Waals surface area contributed by atoms with Gasteiger partial charge in [0.2, 0.25) is 0 Å². The van der Waals surface area contributed by atoms with Crippen LogP contribution < -0.4 is 10.6 Å². The van der Waals surface area contributed by atoms with Crippen LogP contribution in [0, 0.1) is 0 Å². The fourth-order valence-electron chi connectivity index (χ4n) is 2.25. The quantitative estimate of drug-likeness (QED) is 0.683. The third kappa shape index (κ3) is 4.38. The number of anilines is 3. The van der Waals surface area contributed by atoms with Crippen molar-refractivity contribution >= 4 is 23.1 Å². The highest BCUT2D eigenvalue weighted by molar-refractivity contribution is 6.04. The number of hydrogen-bond donors (Lipinski definition) is 2. The Balaban J connectivity index is 1.69. The summed E-state index contributed by atoms with van der Waals surface area (Å²) in [5.74, 6) is 0.00917. The topological polar surface area (TPSA) is 54.0 Å². The summed E-state index contributed by atoms with van der Waals surface area (Å²) in [6, 6.07) is 17.0. The molecule has 7 heteroatoms. The van der Waals surface area contributed by atoms with Crippen LogP contribution >= 0.6 is 0 Å². The molecular weight excluding hydrogens is 343 g/mol. The maximum absolute atomic E-state index is 12.7. The normalized spacial score (nSPS) is 11.0. The molecule has 0 radical (unpaired) electrons. The smallest absolute Gasteiger partial charge is 0.340 e. The highest BCUT2D eigenvalue weighted by Crippen LogP contribution is 2.30. The number of nitrogens with zero attached hydrogens (tertiary/aromatic N) is 1. The number of aromatic nitrogens is 1. The number of rotatable bonds is 4. The summed E-state index contributed by atoms with van der Waals surface area (Å²) in [5, 5.41) is 5.52. The zero-order valence-electron chi connectivity index (χ0n) is 13.4. The van der Waals surface area contributed by atoms with Crippen LogP contribution in [-0.2, 0) is 6.18 Å². The monoisotopic (exact) mass is 357 g/mol. The Morgan fingerprint density at radius 2 is 1.62 bits per heavy atom. The summed E-state index contributed by atoms with van der Waals surface area (Å²) in [4.78, 5) is 16.3. The minimum atomic E-state index is -4.47. The molecule has 26 heavy (non-hydrogen) atoms. The molecule has 0 saturated carbocycles. The third-order valence-corrected chi connectivity index (χ3v) is 3.52. The number of nitrogens with one attached hydrogen (secondary N) is 2. The van der Waals surface area contributed by atoms with E-state index in [1.165, 1.54) is 18.3 Å². The van der Waals surface area contributed by atoms with Gasteiger partial charge in [-0.2, -0.15) is 13.2 Å². The molecule has 2 aromatic carbocycles. The second-order valence-corrected chi connectivity index (χ2v) is 5.46. The van der Waals surface area contributed by atoms with Gasteiger partial charge in [0.15, 0.2) is 0 Å². The maximum atomic E-state index is 12.7. The molecule has 3 rings (SSSR count). The first-order valence-electron chi connectivity index (χ1n) is 7.68. The molecular formula is C19H14F3N3O. The highest BCUT2D eigenvalue weighted by Gasteiger charge is 2.30. The zero-order chi connectivity index (χ0) is 18.6. The third-order valence-electron chi connectivity index (χ3n) is 3.52. The van der Waals surface area contributed by atoms with E-state index in [9.17, 15) is 18.0 Å². The number of pyridine rings is 1. The van der Waals surface area contributed by atoms with Gasteiger partial charge < -0.3 is 10.6 Å². The summed E-state index contributed by atoms with van der Waals surface area (Å²) < 4.78 is 38.2. The van der Waals surface area contributed by atoms with Crippen LogP contribution in [0.2, 0.25) is 0 Å². The number of amides is 1. The van der Waals surface area contributed by atoms with Crippen molar-refractivity contribution in [3.05, 3.63) is 84.1 Å². The van der Waals surface area contributed by atoms with Crippen molar-refractivity contribution in [1.29, 1.82) is 0 Å². The second-order valence-electron chi connectivity index (χ2n) is 5.46. The number of alkyl halides is 3. The summed E-state index contributed by atoms with van der Waals surface area (Å²) in [6.45, 7) is 0. The lowest BCUT2D eigenvalue weighted by Gasteiger charge is -2.10. The number of carbonyl (C=O) groups is 1. The molecule has 0 saturated heterocycles. The van der Waals surface area contributed by atoms with Crippen molar-refractivity contribution < 1.29 is 18.0 Å². The Labute approximate surface area is 147 Å². The Hall–Kier alpha value is -3.35. The molecule has 1 amide bonds. The van der Waals surface area contributed by atoms with E-state index in [4.69, 9.17) is 0 Å². The first-order chi connectivity index (χ1) is 12.4. The van der Waals surface area contributed by atoms with Crippen LogP contribution in [0.15, 0.2) is 72.9 Å². The average Bonchev–Trinajstić information content (AvgIpc) is 2.63. The van der Waals surface area contributed by atoms with Crippen LogP contribution in [0.4, 0.5) is 30.4 Å². The summed E-state index contributed by atoms with van der Waals surface area (Å²) in [5.41, 5.74) is 0.328. The lowest BCUT2D eigenvalue weighted by Crippen LogP contribution is -2.13. The first kappa shape index (κ1) is 17.5. The van der Waals surface area contributed by atoms with Gasteiger partial charge in [-0.25, -0.2) is 4.98 Å². The van der Waals surface area contributed by atoms with Gasteiger partial charge >= 0.3 is 6.18 Å². The van der Waals surface area contributed by atoms with Crippen LogP contribution in [0.1, 0.15) is 15.9 Å². The van der Waals surface area contributed by atoms with E-state index in [0.717, 1.165) is 17.8 Å². The lowest BCUT2D eigenvalue weighted by molar-refractivity contribution is -0.137. The van der Waals surface area contributed by atoms with Gasteiger partial charge in [0, 0.05) is 17.6 Å². The van der Waals surface area contributed by atoms with E-state index in [0.29, 0.717) is 5.82 Å². The number of carbonyl (C=O) groups excluding carboxylic acids is 1. The van der Waals surface area contributed by atoms with Crippen molar-refractivity contribution in [3.8, 4) is 0 Å². The van der Waals surface area contributed by atoms with Crippen LogP contribution in [0.25, 0.3) is 0 Å². The molecule has 2 N–H and O–H groups in total. The number of halogens is 3. The van der Waals surface area contributed by atoms with E-state index in [-0.39, 0.29) is 11.3 Å². The largest absolute Gasteiger partial charge is 0.416 e. The fourth-order valence-corrected chi connectivity index (χ4v) is 2.25. The molecule has 4 nitrogen and oxygen atoms in total. The number of hydrogen-bond acceptors (Lipinski definition) is 3. The van der Waals surface area contributed by atoms with Crippen molar-refractivity contribution in [3.63, 3.8) is 0 Å². The van der Waals surface area contributed by atoms with Gasteiger partial charge in [-0.05, 0) is 42.5 Å². The van der Waals surface area contributed by atoms with Gasteiger partial charge in [-0.15, -0.1) is 0 Å². The van der Waals surface area contributed by atoms with Crippen molar-refractivity contribution in [2.75, 3.05) is 10.6 Å². The number of para-hydroxylation sites is 1. The molecule has 0 atom stereocenters. The van der Waals surface area contributed by atoms with E-state index >= 15 is 0 Å². The van der Waals surface area contributed by atoms with Gasteiger partial charge in [0.25, 0.3) is 5.91 Å². The Kier molecular flexibility index (Phi) is 4.88. The SMILES string of the molecule is O=C(Nc1cccc(C(F)(F)F)c1)c1ccc(Nc2ccccc2)nc1. The minimum absolute atomic E-state index is 0.0660. The predicted octanol–water partition coefficient (Wildman–Crippen LogP) is 5.10. The predicted molar refractivity (Wildman–Crippen MR) is 93.4 cm³/mol. The maximum Gasteiger partial charge on any atom is 0.416 e. The molecule has 3 aromatic rings. The van der Waals surface area contributed by atoms with Gasteiger partial charge in [0.1, 0.15) is 5.82 Å². The van der Waals surface area contributed by atoms with E-state index < -0.39 is 17.6 Å². The first-order valence-corrected chi connectivity index (χ1v) is 7.68. The minimum Gasteiger partial charge on any atom is -0.340 e. The molecule has 0 aliphatic heterocycles. The Morgan fingerprint density at radius 1 is 0.885 bits per heavy atom.